The molecule has 148 valence electrons. The van der Waals surface area contributed by atoms with Crippen LogP contribution in [0.25, 0.3) is 0 Å². The third-order valence-electron chi connectivity index (χ3n) is 3.76. The molecule has 0 aromatic heterocycles. The molecule has 2 N–H and O–H groups in total. The van der Waals surface area contributed by atoms with Crippen LogP contribution >= 0.6 is 22.6 Å². The maximum Gasteiger partial charge on any atom is 0.407 e. The fourth-order valence-corrected chi connectivity index (χ4v) is 3.01. The number of carbonyl (C=O) groups excluding carboxylic acids is 3. The van der Waals surface area contributed by atoms with Crippen molar-refractivity contribution in [1.29, 1.82) is 0 Å². The number of rotatable bonds is 8. The summed E-state index contributed by atoms with van der Waals surface area (Å²) in [6.07, 6.45) is -0.431. The lowest BCUT2D eigenvalue weighted by atomic mass is 10.1. The summed E-state index contributed by atoms with van der Waals surface area (Å²) in [5, 5.41) is 4.94. The van der Waals surface area contributed by atoms with E-state index in [2.05, 4.69) is 33.2 Å². The van der Waals surface area contributed by atoms with E-state index in [1.165, 1.54) is 7.11 Å². The summed E-state index contributed by atoms with van der Waals surface area (Å²) in [7, 11) is 1.26. The van der Waals surface area contributed by atoms with Gasteiger partial charge in [-0.15, -0.1) is 0 Å². The van der Waals surface area contributed by atoms with Crippen LogP contribution in [0.1, 0.15) is 11.1 Å². The van der Waals surface area contributed by atoms with E-state index in [0.717, 1.165) is 14.7 Å². The molecule has 0 spiro atoms. The molecule has 2 aromatic rings. The molecule has 2 rings (SSSR count). The maximum absolute atomic E-state index is 12.1. The second-order valence-electron chi connectivity index (χ2n) is 5.89. The van der Waals surface area contributed by atoms with Crippen molar-refractivity contribution in [3.05, 3.63) is 69.3 Å². The third kappa shape index (κ3) is 7.55. The van der Waals surface area contributed by atoms with Crippen LogP contribution in [0, 0.1) is 3.57 Å². The molecule has 0 saturated heterocycles. The SMILES string of the molecule is COC(=O)[C@@H](Cc1cccc(I)c1)NC(=O)CNC(=O)OCc1ccccc1. The minimum absolute atomic E-state index is 0.103. The first kappa shape index (κ1) is 21.7. The monoisotopic (exact) mass is 496 g/mol. The zero-order chi connectivity index (χ0) is 20.4. The Hall–Kier alpha value is -2.62. The summed E-state index contributed by atoms with van der Waals surface area (Å²) in [6.45, 7) is -0.209. The van der Waals surface area contributed by atoms with Crippen molar-refractivity contribution in [3.63, 3.8) is 0 Å². The van der Waals surface area contributed by atoms with Gasteiger partial charge in [-0.05, 0) is 45.9 Å². The van der Waals surface area contributed by atoms with Gasteiger partial charge < -0.3 is 20.1 Å². The van der Waals surface area contributed by atoms with E-state index in [0.29, 0.717) is 0 Å². The Balaban J connectivity index is 1.82. The number of amides is 2. The molecule has 1 atom stereocenters. The van der Waals surface area contributed by atoms with E-state index in [1.807, 2.05) is 54.6 Å². The number of alkyl carbamates (subject to hydrolysis) is 1. The zero-order valence-corrected chi connectivity index (χ0v) is 17.5. The molecule has 8 heteroatoms. The summed E-state index contributed by atoms with van der Waals surface area (Å²) in [6, 6.07) is 15.9. The first-order chi connectivity index (χ1) is 13.5. The van der Waals surface area contributed by atoms with Crippen LogP contribution in [0.15, 0.2) is 54.6 Å². The average molecular weight is 496 g/mol. The van der Waals surface area contributed by atoms with Crippen LogP contribution in [-0.4, -0.2) is 37.7 Å². The van der Waals surface area contributed by atoms with Crippen LogP contribution < -0.4 is 10.6 Å². The number of halogens is 1. The molecule has 0 bridgehead atoms. The molecule has 7 nitrogen and oxygen atoms in total. The highest BCUT2D eigenvalue weighted by molar-refractivity contribution is 14.1. The summed E-state index contributed by atoms with van der Waals surface area (Å²) in [5.74, 6) is -1.07. The fraction of sp³-hybridized carbons (Fsp3) is 0.250. The van der Waals surface area contributed by atoms with E-state index in [4.69, 9.17) is 9.47 Å². The average Bonchev–Trinajstić information content (AvgIpc) is 2.70. The number of hydrogen-bond acceptors (Lipinski definition) is 5. The third-order valence-corrected chi connectivity index (χ3v) is 4.43. The first-order valence-electron chi connectivity index (χ1n) is 8.54. The van der Waals surface area contributed by atoms with Crippen LogP contribution in [0.3, 0.4) is 0 Å². The Morgan fingerprint density at radius 1 is 1.04 bits per heavy atom. The Bertz CT molecular complexity index is 813. The van der Waals surface area contributed by atoms with Crippen LogP contribution in [0.4, 0.5) is 4.79 Å². The predicted octanol–water partition coefficient (Wildman–Crippen LogP) is 2.42. The Labute approximate surface area is 176 Å². The molecule has 28 heavy (non-hydrogen) atoms. The molecule has 0 radical (unpaired) electrons. The molecule has 2 amide bonds. The molecule has 2 aromatic carbocycles. The van der Waals surface area contributed by atoms with Gasteiger partial charge in [0.2, 0.25) is 5.91 Å². The summed E-state index contributed by atoms with van der Waals surface area (Å²) < 4.78 is 10.8. The largest absolute Gasteiger partial charge is 0.467 e. The molecule has 0 unspecified atom stereocenters. The van der Waals surface area contributed by atoms with Gasteiger partial charge in [0.25, 0.3) is 0 Å². The number of carbonyl (C=O) groups is 3. The molecule has 0 aliphatic carbocycles. The highest BCUT2D eigenvalue weighted by atomic mass is 127. The van der Waals surface area contributed by atoms with E-state index < -0.39 is 24.0 Å². The van der Waals surface area contributed by atoms with Gasteiger partial charge in [-0.1, -0.05) is 42.5 Å². The van der Waals surface area contributed by atoms with Gasteiger partial charge in [0.15, 0.2) is 0 Å². The molecule has 0 fully saturated rings. The Kier molecular flexibility index (Phi) is 8.73. The lowest BCUT2D eigenvalue weighted by Gasteiger charge is -2.17. The fourth-order valence-electron chi connectivity index (χ4n) is 2.41. The first-order valence-corrected chi connectivity index (χ1v) is 9.62. The number of ether oxygens (including phenoxy) is 2. The van der Waals surface area contributed by atoms with Gasteiger partial charge in [0.05, 0.1) is 7.11 Å². The standard InChI is InChI=1S/C20H21IN2O5/c1-27-19(25)17(11-15-8-5-9-16(21)10-15)23-18(24)12-22-20(26)28-13-14-6-3-2-4-7-14/h2-10,17H,11-13H2,1H3,(H,22,26)(H,23,24)/t17-/m1/s1. The van der Waals surface area contributed by atoms with Crippen LogP contribution in [0.2, 0.25) is 0 Å². The van der Waals surface area contributed by atoms with Crippen molar-refractivity contribution in [2.75, 3.05) is 13.7 Å². The molecular weight excluding hydrogens is 475 g/mol. The second-order valence-corrected chi connectivity index (χ2v) is 7.14. The van der Waals surface area contributed by atoms with Crippen LogP contribution in [0.5, 0.6) is 0 Å². The van der Waals surface area contributed by atoms with Gasteiger partial charge in [-0.25, -0.2) is 9.59 Å². The van der Waals surface area contributed by atoms with Crippen molar-refractivity contribution < 1.29 is 23.9 Å². The van der Waals surface area contributed by atoms with E-state index >= 15 is 0 Å². The normalized spacial score (nSPS) is 11.2. The van der Waals surface area contributed by atoms with Gasteiger partial charge in [0.1, 0.15) is 19.2 Å². The number of nitrogens with one attached hydrogen (secondary N) is 2. The number of benzene rings is 2. The van der Waals surface area contributed by atoms with Crippen molar-refractivity contribution >= 4 is 40.6 Å². The molecule has 0 heterocycles. The summed E-state index contributed by atoms with van der Waals surface area (Å²) in [5.41, 5.74) is 1.73. The summed E-state index contributed by atoms with van der Waals surface area (Å²) in [4.78, 5) is 35.8. The second kappa shape index (κ2) is 11.3. The molecule has 0 aliphatic rings. The van der Waals surface area contributed by atoms with Gasteiger partial charge in [0, 0.05) is 9.99 Å². The number of methoxy groups -OCH3 is 1. The van der Waals surface area contributed by atoms with Crippen molar-refractivity contribution in [1.82, 2.24) is 10.6 Å². The highest BCUT2D eigenvalue weighted by Crippen LogP contribution is 2.10. The quantitative estimate of drug-likeness (QED) is 0.433. The molecular formula is C20H21IN2O5. The summed E-state index contributed by atoms with van der Waals surface area (Å²) >= 11 is 2.17. The Morgan fingerprint density at radius 2 is 1.75 bits per heavy atom. The predicted molar refractivity (Wildman–Crippen MR) is 111 cm³/mol. The van der Waals surface area contributed by atoms with Crippen molar-refractivity contribution in [3.8, 4) is 0 Å². The van der Waals surface area contributed by atoms with Crippen molar-refractivity contribution in [2.24, 2.45) is 0 Å². The lowest BCUT2D eigenvalue weighted by Crippen LogP contribution is -2.47. The zero-order valence-electron chi connectivity index (χ0n) is 15.3. The van der Waals surface area contributed by atoms with E-state index in [1.54, 1.807) is 0 Å². The Morgan fingerprint density at radius 3 is 2.43 bits per heavy atom. The number of hydrogen-bond donors (Lipinski definition) is 2. The van der Waals surface area contributed by atoms with E-state index in [9.17, 15) is 14.4 Å². The topological polar surface area (TPSA) is 93.7 Å². The maximum atomic E-state index is 12.1. The van der Waals surface area contributed by atoms with E-state index in [-0.39, 0.29) is 19.6 Å². The highest BCUT2D eigenvalue weighted by Gasteiger charge is 2.22. The molecule has 0 saturated carbocycles. The minimum Gasteiger partial charge on any atom is -0.467 e. The molecule has 0 aliphatic heterocycles. The van der Waals surface area contributed by atoms with Gasteiger partial charge in [-0.3, -0.25) is 4.79 Å². The number of esters is 1. The van der Waals surface area contributed by atoms with Gasteiger partial charge in [-0.2, -0.15) is 0 Å². The van der Waals surface area contributed by atoms with Gasteiger partial charge >= 0.3 is 12.1 Å². The van der Waals surface area contributed by atoms with Crippen molar-refractivity contribution in [2.45, 2.75) is 19.1 Å². The lowest BCUT2D eigenvalue weighted by molar-refractivity contribution is -0.144. The smallest absolute Gasteiger partial charge is 0.407 e. The minimum atomic E-state index is -0.849. The van der Waals surface area contributed by atoms with Crippen LogP contribution in [-0.2, 0) is 32.1 Å².